The molecule has 0 bridgehead atoms. The highest BCUT2D eigenvalue weighted by atomic mass is 14.7. The molecule has 2 heteroatoms. The van der Waals surface area contributed by atoms with Gasteiger partial charge in [-0.1, -0.05) is 24.3 Å². The Bertz CT molecular complexity index is 737. The van der Waals surface area contributed by atoms with Gasteiger partial charge < -0.3 is 0 Å². The maximum atomic E-state index is 8.75. The van der Waals surface area contributed by atoms with Gasteiger partial charge >= 0.3 is 0 Å². The summed E-state index contributed by atoms with van der Waals surface area (Å²) in [7, 11) is 0. The molecular weight excluding hydrogens is 220 g/mol. The molecule has 2 nitrogen and oxygen atoms in total. The minimum atomic E-state index is 0.577. The Labute approximate surface area is 105 Å². The number of nitriles is 1. The van der Waals surface area contributed by atoms with Gasteiger partial charge in [-0.2, -0.15) is 5.26 Å². The van der Waals surface area contributed by atoms with Crippen molar-refractivity contribution in [2.45, 2.75) is 0 Å². The van der Waals surface area contributed by atoms with Gasteiger partial charge in [0, 0.05) is 11.8 Å². The SMILES string of the molecule is N#Cc1ccc(-c2ccc3cc[c]cc3c2)nc1. The van der Waals surface area contributed by atoms with Crippen LogP contribution in [0.5, 0.6) is 0 Å². The molecule has 0 atom stereocenters. The van der Waals surface area contributed by atoms with Crippen molar-refractivity contribution in [3.05, 3.63) is 66.4 Å². The average Bonchev–Trinajstić information content (AvgIpc) is 2.47. The Morgan fingerprint density at radius 1 is 1.06 bits per heavy atom. The van der Waals surface area contributed by atoms with Crippen LogP contribution in [0.2, 0.25) is 0 Å². The molecule has 3 aromatic rings. The van der Waals surface area contributed by atoms with E-state index >= 15 is 0 Å². The van der Waals surface area contributed by atoms with Gasteiger partial charge in [0.05, 0.1) is 11.3 Å². The van der Waals surface area contributed by atoms with Crippen LogP contribution in [-0.2, 0) is 0 Å². The summed E-state index contributed by atoms with van der Waals surface area (Å²) in [6, 6.07) is 20.9. The van der Waals surface area contributed by atoms with E-state index in [4.69, 9.17) is 5.26 Å². The summed E-state index contributed by atoms with van der Waals surface area (Å²) in [5, 5.41) is 11.1. The first-order valence-electron chi connectivity index (χ1n) is 5.63. The summed E-state index contributed by atoms with van der Waals surface area (Å²) in [5.74, 6) is 0. The first-order chi connectivity index (χ1) is 8.86. The van der Waals surface area contributed by atoms with Crippen LogP contribution in [-0.4, -0.2) is 4.98 Å². The highest BCUT2D eigenvalue weighted by Gasteiger charge is 2.01. The van der Waals surface area contributed by atoms with Gasteiger partial charge in [-0.3, -0.25) is 4.98 Å². The highest BCUT2D eigenvalue weighted by Crippen LogP contribution is 2.22. The molecule has 0 fully saturated rings. The zero-order valence-electron chi connectivity index (χ0n) is 9.59. The molecule has 0 aliphatic carbocycles. The Kier molecular flexibility index (Phi) is 2.51. The number of aromatic nitrogens is 1. The third kappa shape index (κ3) is 1.83. The molecule has 2 aromatic carbocycles. The molecule has 0 unspecified atom stereocenters. The number of nitrogens with zero attached hydrogens (tertiary/aromatic N) is 2. The van der Waals surface area contributed by atoms with E-state index in [1.54, 1.807) is 12.3 Å². The van der Waals surface area contributed by atoms with Crippen LogP contribution in [0, 0.1) is 17.4 Å². The third-order valence-corrected chi connectivity index (χ3v) is 2.87. The van der Waals surface area contributed by atoms with E-state index < -0.39 is 0 Å². The van der Waals surface area contributed by atoms with E-state index in [0.717, 1.165) is 16.6 Å². The van der Waals surface area contributed by atoms with Crippen LogP contribution in [0.25, 0.3) is 22.0 Å². The molecule has 0 amide bonds. The molecule has 83 valence electrons. The summed E-state index contributed by atoms with van der Waals surface area (Å²) in [6.07, 6.45) is 1.59. The lowest BCUT2D eigenvalue weighted by Gasteiger charge is -2.03. The van der Waals surface area contributed by atoms with Crippen molar-refractivity contribution in [2.75, 3.05) is 0 Å². The summed E-state index contributed by atoms with van der Waals surface area (Å²) in [5.41, 5.74) is 2.50. The molecule has 0 aliphatic rings. The minimum absolute atomic E-state index is 0.577. The number of hydrogen-bond acceptors (Lipinski definition) is 2. The smallest absolute Gasteiger partial charge is 0.101 e. The van der Waals surface area contributed by atoms with Crippen molar-refractivity contribution in [1.82, 2.24) is 4.98 Å². The predicted octanol–water partition coefficient (Wildman–Crippen LogP) is 3.57. The minimum Gasteiger partial charge on any atom is -0.255 e. The van der Waals surface area contributed by atoms with Crippen molar-refractivity contribution in [3.63, 3.8) is 0 Å². The van der Waals surface area contributed by atoms with Crippen molar-refractivity contribution < 1.29 is 0 Å². The number of fused-ring (bicyclic) bond motifs is 1. The second-order valence-electron chi connectivity index (χ2n) is 4.03. The molecular formula is C16H9N2. The summed E-state index contributed by atoms with van der Waals surface area (Å²) in [4.78, 5) is 4.29. The molecule has 0 saturated heterocycles. The summed E-state index contributed by atoms with van der Waals surface area (Å²) >= 11 is 0. The van der Waals surface area contributed by atoms with E-state index in [-0.39, 0.29) is 0 Å². The van der Waals surface area contributed by atoms with Crippen LogP contribution in [0.1, 0.15) is 5.56 Å². The topological polar surface area (TPSA) is 36.7 Å². The number of rotatable bonds is 1. The summed E-state index contributed by atoms with van der Waals surface area (Å²) < 4.78 is 0. The van der Waals surface area contributed by atoms with Gasteiger partial charge in [-0.15, -0.1) is 0 Å². The zero-order valence-corrected chi connectivity index (χ0v) is 9.59. The van der Waals surface area contributed by atoms with Crippen molar-refractivity contribution in [2.24, 2.45) is 0 Å². The fourth-order valence-corrected chi connectivity index (χ4v) is 1.92. The fraction of sp³-hybridized carbons (Fsp3) is 0. The van der Waals surface area contributed by atoms with Crippen molar-refractivity contribution >= 4 is 10.8 Å². The van der Waals surface area contributed by atoms with Crippen LogP contribution in [0.15, 0.2) is 54.7 Å². The van der Waals surface area contributed by atoms with Crippen LogP contribution in [0.4, 0.5) is 0 Å². The largest absolute Gasteiger partial charge is 0.255 e. The van der Waals surface area contributed by atoms with Crippen LogP contribution in [0.3, 0.4) is 0 Å². The van der Waals surface area contributed by atoms with Crippen LogP contribution >= 0.6 is 0 Å². The fourth-order valence-electron chi connectivity index (χ4n) is 1.92. The molecule has 1 radical (unpaired) electrons. The van der Waals surface area contributed by atoms with Crippen molar-refractivity contribution in [1.29, 1.82) is 5.26 Å². The van der Waals surface area contributed by atoms with Gasteiger partial charge in [0.1, 0.15) is 6.07 Å². The lowest BCUT2D eigenvalue weighted by molar-refractivity contribution is 1.30. The van der Waals surface area contributed by atoms with E-state index in [0.29, 0.717) is 5.56 Å². The van der Waals surface area contributed by atoms with E-state index in [1.807, 2.05) is 30.3 Å². The molecule has 0 aliphatic heterocycles. The van der Waals surface area contributed by atoms with E-state index in [2.05, 4.69) is 29.3 Å². The van der Waals surface area contributed by atoms with Crippen molar-refractivity contribution in [3.8, 4) is 17.3 Å². The quantitative estimate of drug-likeness (QED) is 0.639. The highest BCUT2D eigenvalue weighted by molar-refractivity contribution is 5.86. The Balaban J connectivity index is 2.10. The Morgan fingerprint density at radius 3 is 2.78 bits per heavy atom. The normalized spacial score (nSPS) is 10.2. The van der Waals surface area contributed by atoms with E-state index in [9.17, 15) is 0 Å². The van der Waals surface area contributed by atoms with Gasteiger partial charge in [-0.25, -0.2) is 0 Å². The lowest BCUT2D eigenvalue weighted by atomic mass is 10.0. The second-order valence-corrected chi connectivity index (χ2v) is 4.03. The van der Waals surface area contributed by atoms with Gasteiger partial charge in [0.15, 0.2) is 0 Å². The number of hydrogen-bond donors (Lipinski definition) is 0. The zero-order chi connectivity index (χ0) is 12.4. The molecule has 3 rings (SSSR count). The summed E-state index contributed by atoms with van der Waals surface area (Å²) in [6.45, 7) is 0. The molecule has 0 saturated carbocycles. The standard InChI is InChI=1S/C16H9N2/c17-10-12-5-8-16(18-11-12)15-7-6-13-3-1-2-4-14(13)9-15/h1,3-9,11H. The average molecular weight is 229 g/mol. The van der Waals surface area contributed by atoms with Gasteiger partial charge in [-0.05, 0) is 41.1 Å². The molecule has 18 heavy (non-hydrogen) atoms. The molecule has 1 aromatic heterocycles. The molecule has 0 spiro atoms. The van der Waals surface area contributed by atoms with Gasteiger partial charge in [0.25, 0.3) is 0 Å². The predicted molar refractivity (Wildman–Crippen MR) is 70.7 cm³/mol. The van der Waals surface area contributed by atoms with E-state index in [1.165, 1.54) is 5.39 Å². The third-order valence-electron chi connectivity index (χ3n) is 2.87. The van der Waals surface area contributed by atoms with Crippen LogP contribution < -0.4 is 0 Å². The maximum absolute atomic E-state index is 8.75. The molecule has 0 N–H and O–H groups in total. The Morgan fingerprint density at radius 2 is 2.00 bits per heavy atom. The number of pyridine rings is 1. The number of benzene rings is 2. The molecule has 1 heterocycles. The van der Waals surface area contributed by atoms with Gasteiger partial charge in [0.2, 0.25) is 0 Å². The second kappa shape index (κ2) is 4.31. The Hall–Kier alpha value is -2.66. The first kappa shape index (κ1) is 10.5. The lowest BCUT2D eigenvalue weighted by Crippen LogP contribution is -1.84. The maximum Gasteiger partial charge on any atom is 0.101 e. The monoisotopic (exact) mass is 229 g/mol. The first-order valence-corrected chi connectivity index (χ1v) is 5.63.